The van der Waals surface area contributed by atoms with E-state index in [1.807, 2.05) is 20.8 Å². The topological polar surface area (TPSA) is 90.9 Å². The molecule has 0 unspecified atom stereocenters. The van der Waals surface area contributed by atoms with Crippen molar-refractivity contribution in [1.82, 2.24) is 0 Å². The summed E-state index contributed by atoms with van der Waals surface area (Å²) in [5.74, 6) is -0.639. The van der Waals surface area contributed by atoms with Crippen molar-refractivity contribution in [3.8, 4) is 11.5 Å². The predicted octanol–water partition coefficient (Wildman–Crippen LogP) is 3.73. The number of methoxy groups -OCH3 is 2. The molecule has 0 saturated carbocycles. The smallest absolute Gasteiger partial charge is 0.346 e. The zero-order valence-electron chi connectivity index (χ0n) is 17.2. The summed E-state index contributed by atoms with van der Waals surface area (Å²) in [4.78, 5) is 36.8. The number of carbonyl (C=O) groups excluding carboxylic acids is 3. The molecule has 1 N–H and O–H groups in total. The van der Waals surface area contributed by atoms with Crippen LogP contribution in [0.4, 0.5) is 5.69 Å². The molecule has 0 atom stereocenters. The molecule has 0 aromatic heterocycles. The summed E-state index contributed by atoms with van der Waals surface area (Å²) in [6.07, 6.45) is 0. The largest absolute Gasteiger partial charge is 0.496 e. The van der Waals surface area contributed by atoms with E-state index in [2.05, 4.69) is 5.32 Å². The maximum atomic E-state index is 12.4. The molecule has 0 bridgehead atoms. The van der Waals surface area contributed by atoms with Crippen molar-refractivity contribution in [3.05, 3.63) is 53.6 Å². The molecule has 2 aromatic carbocycles. The van der Waals surface area contributed by atoms with E-state index in [-0.39, 0.29) is 17.3 Å². The normalized spacial score (nSPS) is 10.8. The minimum Gasteiger partial charge on any atom is -0.496 e. The van der Waals surface area contributed by atoms with E-state index in [9.17, 15) is 14.4 Å². The van der Waals surface area contributed by atoms with Crippen LogP contribution in [0.15, 0.2) is 42.5 Å². The van der Waals surface area contributed by atoms with E-state index in [1.54, 1.807) is 42.5 Å². The van der Waals surface area contributed by atoms with Crippen LogP contribution in [0.1, 0.15) is 41.5 Å². The van der Waals surface area contributed by atoms with Gasteiger partial charge < -0.3 is 19.5 Å². The quantitative estimate of drug-likeness (QED) is 0.564. The number of carbonyl (C=O) groups is 3. The van der Waals surface area contributed by atoms with Gasteiger partial charge in [0.25, 0.3) is 0 Å². The third-order valence-corrected chi connectivity index (χ3v) is 4.11. The van der Waals surface area contributed by atoms with Crippen molar-refractivity contribution < 1.29 is 28.6 Å². The monoisotopic (exact) mass is 399 g/mol. The van der Waals surface area contributed by atoms with Crippen LogP contribution in [-0.4, -0.2) is 38.5 Å². The molecule has 7 heteroatoms. The third kappa shape index (κ3) is 5.57. The first-order valence-corrected chi connectivity index (χ1v) is 9.00. The molecule has 1 amide bonds. The highest BCUT2D eigenvalue weighted by molar-refractivity contribution is 6.01. The average molecular weight is 399 g/mol. The highest BCUT2D eigenvalue weighted by atomic mass is 16.5. The Balaban J connectivity index is 2.03. The molecule has 2 aromatic rings. The zero-order valence-corrected chi connectivity index (χ0v) is 17.2. The highest BCUT2D eigenvalue weighted by Gasteiger charge is 2.22. The molecule has 2 rings (SSSR count). The Hall–Kier alpha value is -3.35. The van der Waals surface area contributed by atoms with E-state index in [0.717, 1.165) is 0 Å². The molecule has 0 aliphatic rings. The Labute approximate surface area is 170 Å². The molecular formula is C22H25NO6. The number of hydrogen-bond acceptors (Lipinski definition) is 6. The van der Waals surface area contributed by atoms with Crippen LogP contribution in [0, 0.1) is 5.41 Å². The predicted molar refractivity (Wildman–Crippen MR) is 109 cm³/mol. The van der Waals surface area contributed by atoms with Crippen LogP contribution in [0.5, 0.6) is 11.5 Å². The number of benzene rings is 2. The lowest BCUT2D eigenvalue weighted by Gasteiger charge is -2.17. The minimum atomic E-state index is -0.721. The van der Waals surface area contributed by atoms with Crippen LogP contribution >= 0.6 is 0 Å². The number of esters is 1. The molecule has 0 aliphatic heterocycles. The second-order valence-corrected chi connectivity index (χ2v) is 7.32. The molecule has 0 aliphatic carbocycles. The van der Waals surface area contributed by atoms with E-state index in [1.165, 1.54) is 14.2 Å². The van der Waals surface area contributed by atoms with Gasteiger partial charge in [-0.15, -0.1) is 0 Å². The molecule has 0 fully saturated rings. The van der Waals surface area contributed by atoms with Crippen LogP contribution in [0.3, 0.4) is 0 Å². The third-order valence-electron chi connectivity index (χ3n) is 4.11. The molecular weight excluding hydrogens is 374 g/mol. The van der Waals surface area contributed by atoms with E-state index >= 15 is 0 Å². The van der Waals surface area contributed by atoms with Gasteiger partial charge in [0.05, 0.1) is 14.2 Å². The Morgan fingerprint density at radius 2 is 1.45 bits per heavy atom. The van der Waals surface area contributed by atoms with Gasteiger partial charge in [0.15, 0.2) is 12.4 Å². The molecule has 7 nitrogen and oxygen atoms in total. The van der Waals surface area contributed by atoms with Crippen molar-refractivity contribution in [2.75, 3.05) is 26.1 Å². The number of ketones is 1. The highest BCUT2D eigenvalue weighted by Crippen LogP contribution is 2.29. The summed E-state index contributed by atoms with van der Waals surface area (Å²) in [7, 11) is 2.85. The van der Waals surface area contributed by atoms with Crippen molar-refractivity contribution in [2.45, 2.75) is 20.8 Å². The lowest BCUT2D eigenvalue weighted by molar-refractivity contribution is -0.123. The summed E-state index contributed by atoms with van der Waals surface area (Å²) in [5, 5.41) is 2.78. The van der Waals surface area contributed by atoms with Crippen LogP contribution in [0.2, 0.25) is 0 Å². The average Bonchev–Trinajstić information content (AvgIpc) is 2.70. The lowest BCUT2D eigenvalue weighted by atomic mass is 9.95. The van der Waals surface area contributed by atoms with Crippen molar-refractivity contribution >= 4 is 23.3 Å². The van der Waals surface area contributed by atoms with Crippen molar-refractivity contribution in [3.63, 3.8) is 0 Å². The number of anilines is 1. The first kappa shape index (κ1) is 21.9. The lowest BCUT2D eigenvalue weighted by Crippen LogP contribution is -2.27. The Bertz CT molecular complexity index is 874. The van der Waals surface area contributed by atoms with Crippen molar-refractivity contribution in [2.24, 2.45) is 5.41 Å². The molecule has 0 saturated heterocycles. The summed E-state index contributed by atoms with van der Waals surface area (Å²) >= 11 is 0. The van der Waals surface area contributed by atoms with Gasteiger partial charge in [-0.3, -0.25) is 9.59 Å². The molecule has 0 radical (unpaired) electrons. The van der Waals surface area contributed by atoms with E-state index < -0.39 is 18.0 Å². The molecule has 0 heterocycles. The molecule has 29 heavy (non-hydrogen) atoms. The van der Waals surface area contributed by atoms with Gasteiger partial charge in [-0.05, 0) is 36.4 Å². The Kier molecular flexibility index (Phi) is 6.98. The van der Waals surface area contributed by atoms with Gasteiger partial charge in [-0.25, -0.2) is 4.79 Å². The first-order chi connectivity index (χ1) is 13.7. The number of amides is 1. The van der Waals surface area contributed by atoms with Crippen LogP contribution in [0.25, 0.3) is 0 Å². The minimum absolute atomic E-state index is 0.116. The summed E-state index contributed by atoms with van der Waals surface area (Å²) in [5.41, 5.74) is 0.531. The number of ether oxygens (including phenoxy) is 3. The van der Waals surface area contributed by atoms with E-state index in [4.69, 9.17) is 14.2 Å². The van der Waals surface area contributed by atoms with Crippen molar-refractivity contribution in [1.29, 1.82) is 0 Å². The summed E-state index contributed by atoms with van der Waals surface area (Å²) < 4.78 is 15.5. The first-order valence-electron chi connectivity index (χ1n) is 9.00. The Morgan fingerprint density at radius 1 is 0.897 bits per heavy atom. The second-order valence-electron chi connectivity index (χ2n) is 7.32. The Morgan fingerprint density at radius 3 is 1.93 bits per heavy atom. The maximum Gasteiger partial charge on any atom is 0.346 e. The molecule has 154 valence electrons. The fraction of sp³-hybridized carbons (Fsp3) is 0.318. The summed E-state index contributed by atoms with van der Waals surface area (Å²) in [6.45, 7) is 5.00. The SMILES string of the molecule is COc1cccc(OC)c1C(=O)OCC(=O)c1ccc(NC(=O)C(C)(C)C)cc1. The number of Topliss-reactive ketones (excluding diaryl/α,β-unsaturated/α-hetero) is 1. The number of rotatable bonds is 7. The van der Waals surface area contributed by atoms with Gasteiger partial charge in [0.2, 0.25) is 5.91 Å². The second kappa shape index (κ2) is 9.23. The van der Waals surface area contributed by atoms with Gasteiger partial charge >= 0.3 is 5.97 Å². The van der Waals surface area contributed by atoms with Gasteiger partial charge in [-0.1, -0.05) is 26.8 Å². The van der Waals surface area contributed by atoms with Gasteiger partial charge in [0, 0.05) is 16.7 Å². The summed E-state index contributed by atoms with van der Waals surface area (Å²) in [6, 6.07) is 11.3. The van der Waals surface area contributed by atoms with E-state index in [0.29, 0.717) is 22.7 Å². The number of nitrogens with one attached hydrogen (secondary N) is 1. The fourth-order valence-corrected chi connectivity index (χ4v) is 2.40. The van der Waals surface area contributed by atoms with Crippen LogP contribution in [-0.2, 0) is 9.53 Å². The standard InChI is InChI=1S/C22H25NO6/c1-22(2,3)21(26)23-15-11-9-14(10-12-15)16(24)13-29-20(25)19-17(27-4)7-6-8-18(19)28-5/h6-12H,13H2,1-5H3,(H,23,26). The fourth-order valence-electron chi connectivity index (χ4n) is 2.40. The zero-order chi connectivity index (χ0) is 21.6. The molecule has 0 spiro atoms. The maximum absolute atomic E-state index is 12.4. The van der Waals surface area contributed by atoms with Gasteiger partial charge in [0.1, 0.15) is 17.1 Å². The number of hydrogen-bond donors (Lipinski definition) is 1. The van der Waals surface area contributed by atoms with Gasteiger partial charge in [-0.2, -0.15) is 0 Å². The van der Waals surface area contributed by atoms with Crippen LogP contribution < -0.4 is 14.8 Å².